The first-order chi connectivity index (χ1) is 10.0. The Morgan fingerprint density at radius 1 is 1.33 bits per heavy atom. The first-order valence-electron chi connectivity index (χ1n) is 7.93. The standard InChI is InChI=1S/C15H23N3O3/c1-8(11-7-9-2-3-10(11)6-9)16-13(19)5-4-12-14(20)18-15(21)17-12/h8-12H,2-7H2,1H3,(H,16,19)(H2,17,18,20,21)/t8-,9-,10-,11+,12+/m0/s1. The third-order valence-electron chi connectivity index (χ3n) is 5.34. The van der Waals surface area contributed by atoms with E-state index in [9.17, 15) is 14.4 Å². The molecule has 1 saturated heterocycles. The number of carbonyl (C=O) groups is 3. The van der Waals surface area contributed by atoms with Crippen LogP contribution in [-0.4, -0.2) is 29.9 Å². The number of hydrogen-bond donors (Lipinski definition) is 3. The Balaban J connectivity index is 1.42. The molecule has 21 heavy (non-hydrogen) atoms. The molecule has 116 valence electrons. The third-order valence-corrected chi connectivity index (χ3v) is 5.34. The fourth-order valence-corrected chi connectivity index (χ4v) is 4.28. The minimum Gasteiger partial charge on any atom is -0.353 e. The summed E-state index contributed by atoms with van der Waals surface area (Å²) in [7, 11) is 0. The first-order valence-corrected chi connectivity index (χ1v) is 7.93. The average molecular weight is 293 g/mol. The molecule has 3 fully saturated rings. The molecular weight excluding hydrogens is 270 g/mol. The predicted octanol–water partition coefficient (Wildman–Crippen LogP) is 0.915. The molecular formula is C15H23N3O3. The molecule has 2 bridgehead atoms. The number of amides is 4. The van der Waals surface area contributed by atoms with Gasteiger partial charge in [-0.25, -0.2) is 4.79 Å². The summed E-state index contributed by atoms with van der Waals surface area (Å²) in [5.74, 6) is 1.90. The molecule has 0 aromatic rings. The molecule has 0 aromatic heterocycles. The summed E-state index contributed by atoms with van der Waals surface area (Å²) in [6.07, 6.45) is 5.87. The SMILES string of the molecule is C[C@H](NC(=O)CC[C@H]1NC(=O)NC1=O)[C@H]1C[C@H]2CC[C@H]1C2. The monoisotopic (exact) mass is 293 g/mol. The summed E-state index contributed by atoms with van der Waals surface area (Å²) in [5, 5.41) is 7.76. The molecule has 6 nitrogen and oxygen atoms in total. The van der Waals surface area contributed by atoms with Gasteiger partial charge >= 0.3 is 6.03 Å². The molecule has 2 saturated carbocycles. The summed E-state index contributed by atoms with van der Waals surface area (Å²) < 4.78 is 0. The largest absolute Gasteiger partial charge is 0.353 e. The van der Waals surface area contributed by atoms with E-state index in [1.54, 1.807) is 0 Å². The maximum atomic E-state index is 12.0. The second kappa shape index (κ2) is 5.66. The van der Waals surface area contributed by atoms with E-state index in [4.69, 9.17) is 0 Å². The summed E-state index contributed by atoms with van der Waals surface area (Å²) in [5.41, 5.74) is 0. The second-order valence-corrected chi connectivity index (χ2v) is 6.75. The van der Waals surface area contributed by atoms with E-state index in [1.807, 2.05) is 0 Å². The highest BCUT2D eigenvalue weighted by Crippen LogP contribution is 2.49. The zero-order valence-corrected chi connectivity index (χ0v) is 12.4. The van der Waals surface area contributed by atoms with Gasteiger partial charge in [0.1, 0.15) is 6.04 Å². The van der Waals surface area contributed by atoms with Gasteiger partial charge in [0.2, 0.25) is 5.91 Å². The van der Waals surface area contributed by atoms with Crippen molar-refractivity contribution in [2.45, 2.75) is 57.5 Å². The quantitative estimate of drug-likeness (QED) is 0.659. The summed E-state index contributed by atoms with van der Waals surface area (Å²) >= 11 is 0. The Morgan fingerprint density at radius 3 is 2.71 bits per heavy atom. The molecule has 1 heterocycles. The van der Waals surface area contributed by atoms with Gasteiger partial charge in [-0.1, -0.05) is 6.42 Å². The lowest BCUT2D eigenvalue weighted by atomic mass is 9.84. The fourth-order valence-electron chi connectivity index (χ4n) is 4.28. The Morgan fingerprint density at radius 2 is 2.14 bits per heavy atom. The number of urea groups is 1. The lowest BCUT2D eigenvalue weighted by Crippen LogP contribution is -2.41. The van der Waals surface area contributed by atoms with Crippen LogP contribution >= 0.6 is 0 Å². The van der Waals surface area contributed by atoms with E-state index >= 15 is 0 Å². The number of imide groups is 1. The van der Waals surface area contributed by atoms with Crippen molar-refractivity contribution in [2.75, 3.05) is 0 Å². The lowest BCUT2D eigenvalue weighted by Gasteiger charge is -2.28. The molecule has 3 aliphatic rings. The van der Waals surface area contributed by atoms with Gasteiger partial charge in [-0.2, -0.15) is 0 Å². The molecule has 0 radical (unpaired) electrons. The number of hydrogen-bond acceptors (Lipinski definition) is 3. The van der Waals surface area contributed by atoms with Crippen molar-refractivity contribution in [3.05, 3.63) is 0 Å². The fraction of sp³-hybridized carbons (Fsp3) is 0.800. The molecule has 5 atom stereocenters. The van der Waals surface area contributed by atoms with Crippen LogP contribution in [0.5, 0.6) is 0 Å². The Kier molecular flexibility index (Phi) is 3.87. The Hall–Kier alpha value is -1.59. The van der Waals surface area contributed by atoms with Crippen LogP contribution in [0.15, 0.2) is 0 Å². The van der Waals surface area contributed by atoms with Crippen molar-refractivity contribution in [2.24, 2.45) is 17.8 Å². The Bertz CT molecular complexity index is 465. The molecule has 3 N–H and O–H groups in total. The van der Waals surface area contributed by atoms with Crippen LogP contribution < -0.4 is 16.0 Å². The van der Waals surface area contributed by atoms with E-state index in [-0.39, 0.29) is 24.3 Å². The molecule has 3 rings (SSSR count). The molecule has 0 aromatic carbocycles. The zero-order valence-electron chi connectivity index (χ0n) is 12.4. The van der Waals surface area contributed by atoms with Gasteiger partial charge in [-0.3, -0.25) is 14.9 Å². The zero-order chi connectivity index (χ0) is 15.0. The van der Waals surface area contributed by atoms with Gasteiger partial charge in [0.25, 0.3) is 5.91 Å². The van der Waals surface area contributed by atoms with Gasteiger partial charge in [-0.05, 0) is 50.4 Å². The van der Waals surface area contributed by atoms with Crippen LogP contribution in [0.25, 0.3) is 0 Å². The number of fused-ring (bicyclic) bond motifs is 2. The topological polar surface area (TPSA) is 87.3 Å². The van der Waals surface area contributed by atoms with Gasteiger partial charge in [-0.15, -0.1) is 0 Å². The molecule has 2 aliphatic carbocycles. The van der Waals surface area contributed by atoms with Crippen molar-refractivity contribution in [3.8, 4) is 0 Å². The number of carbonyl (C=O) groups excluding carboxylic acids is 3. The molecule has 0 unspecified atom stereocenters. The van der Waals surface area contributed by atoms with Gasteiger partial charge in [0, 0.05) is 12.5 Å². The highest BCUT2D eigenvalue weighted by atomic mass is 16.2. The van der Waals surface area contributed by atoms with E-state index in [1.165, 1.54) is 25.7 Å². The molecule has 4 amide bonds. The van der Waals surface area contributed by atoms with Crippen LogP contribution in [0.1, 0.15) is 45.4 Å². The normalized spacial score (nSPS) is 35.5. The summed E-state index contributed by atoms with van der Waals surface area (Å²) in [4.78, 5) is 34.4. The van der Waals surface area contributed by atoms with Crippen LogP contribution in [0.4, 0.5) is 4.79 Å². The highest BCUT2D eigenvalue weighted by Gasteiger charge is 2.42. The minimum absolute atomic E-state index is 0.0285. The van der Waals surface area contributed by atoms with E-state index in [2.05, 4.69) is 22.9 Å². The van der Waals surface area contributed by atoms with Crippen LogP contribution in [0, 0.1) is 17.8 Å². The average Bonchev–Trinajstić information content (AvgIpc) is 3.12. The van der Waals surface area contributed by atoms with Gasteiger partial charge in [0.15, 0.2) is 0 Å². The second-order valence-electron chi connectivity index (χ2n) is 6.75. The number of rotatable bonds is 5. The van der Waals surface area contributed by atoms with E-state index in [0.717, 1.165) is 11.8 Å². The third kappa shape index (κ3) is 3.04. The molecule has 6 heteroatoms. The molecule has 1 aliphatic heterocycles. The lowest BCUT2D eigenvalue weighted by molar-refractivity contribution is -0.123. The summed E-state index contributed by atoms with van der Waals surface area (Å²) in [6.45, 7) is 2.09. The van der Waals surface area contributed by atoms with Crippen molar-refractivity contribution in [3.63, 3.8) is 0 Å². The maximum Gasteiger partial charge on any atom is 0.322 e. The maximum absolute atomic E-state index is 12.0. The summed E-state index contributed by atoms with van der Waals surface area (Å²) in [6, 6.07) is -0.832. The van der Waals surface area contributed by atoms with E-state index < -0.39 is 12.1 Å². The van der Waals surface area contributed by atoms with Gasteiger partial charge < -0.3 is 10.6 Å². The van der Waals surface area contributed by atoms with Crippen LogP contribution in [0.2, 0.25) is 0 Å². The molecule has 0 spiro atoms. The van der Waals surface area contributed by atoms with E-state index in [0.29, 0.717) is 12.3 Å². The van der Waals surface area contributed by atoms with Crippen molar-refractivity contribution in [1.29, 1.82) is 0 Å². The highest BCUT2D eigenvalue weighted by molar-refractivity contribution is 6.04. The Labute approximate surface area is 124 Å². The van der Waals surface area contributed by atoms with Gasteiger partial charge in [0.05, 0.1) is 0 Å². The smallest absolute Gasteiger partial charge is 0.322 e. The van der Waals surface area contributed by atoms with Crippen molar-refractivity contribution in [1.82, 2.24) is 16.0 Å². The van der Waals surface area contributed by atoms with Crippen molar-refractivity contribution >= 4 is 17.8 Å². The minimum atomic E-state index is -0.568. The van der Waals surface area contributed by atoms with Crippen LogP contribution in [-0.2, 0) is 9.59 Å². The predicted molar refractivity (Wildman–Crippen MR) is 76.2 cm³/mol. The first kappa shape index (κ1) is 14.4. The van der Waals surface area contributed by atoms with Crippen LogP contribution in [0.3, 0.4) is 0 Å². The number of nitrogens with one attached hydrogen (secondary N) is 3. The van der Waals surface area contributed by atoms with Crippen molar-refractivity contribution < 1.29 is 14.4 Å².